The molecule has 0 saturated heterocycles. The van der Waals surface area contributed by atoms with E-state index in [-0.39, 0.29) is 35.2 Å². The Morgan fingerprint density at radius 3 is 2.60 bits per heavy atom. The first-order valence-electron chi connectivity index (χ1n) is 9.61. The molecule has 2 N–H and O–H groups in total. The van der Waals surface area contributed by atoms with Crippen molar-refractivity contribution in [2.75, 3.05) is 27.3 Å². The maximum atomic E-state index is 13.4. The minimum atomic E-state index is -0.336. The second-order valence-electron chi connectivity index (χ2n) is 7.65. The maximum Gasteiger partial charge on any atom is 0.191 e. The van der Waals surface area contributed by atoms with Gasteiger partial charge in [-0.15, -0.1) is 24.0 Å². The Bertz CT molecular complexity index is 869. The normalized spacial score (nSPS) is 11.9. The van der Waals surface area contributed by atoms with Crippen LogP contribution in [-0.2, 0) is 23.2 Å². The summed E-state index contributed by atoms with van der Waals surface area (Å²) in [6.07, 6.45) is 0. The highest BCUT2D eigenvalue weighted by Gasteiger charge is 2.24. The van der Waals surface area contributed by atoms with Crippen LogP contribution in [0.2, 0.25) is 5.02 Å². The van der Waals surface area contributed by atoms with Crippen molar-refractivity contribution in [3.8, 4) is 0 Å². The van der Waals surface area contributed by atoms with Crippen LogP contribution >= 0.6 is 35.6 Å². The van der Waals surface area contributed by atoms with E-state index >= 15 is 0 Å². The third-order valence-electron chi connectivity index (χ3n) is 5.05. The third kappa shape index (κ3) is 6.81. The number of aliphatic imine (C=N–C) groups is 1. The van der Waals surface area contributed by atoms with Gasteiger partial charge in [-0.2, -0.15) is 5.10 Å². The van der Waals surface area contributed by atoms with Crippen LogP contribution in [0, 0.1) is 19.7 Å². The fourth-order valence-electron chi connectivity index (χ4n) is 3.22. The smallest absolute Gasteiger partial charge is 0.191 e. The topological polar surface area (TPSA) is 63.5 Å². The highest BCUT2D eigenvalue weighted by molar-refractivity contribution is 14.0. The van der Waals surface area contributed by atoms with Crippen LogP contribution in [0.1, 0.15) is 36.4 Å². The van der Waals surface area contributed by atoms with E-state index in [9.17, 15) is 4.39 Å². The van der Waals surface area contributed by atoms with Gasteiger partial charge in [-0.3, -0.25) is 9.67 Å². The molecule has 6 nitrogen and oxygen atoms in total. The van der Waals surface area contributed by atoms with Crippen molar-refractivity contribution < 1.29 is 9.13 Å². The Labute approximate surface area is 200 Å². The second kappa shape index (κ2) is 11.9. The number of hydrogen-bond acceptors (Lipinski definition) is 3. The number of ether oxygens (including phenoxy) is 1. The van der Waals surface area contributed by atoms with Crippen molar-refractivity contribution in [2.24, 2.45) is 4.99 Å². The molecular formula is C21H32ClFIN5O. The van der Waals surface area contributed by atoms with Crippen LogP contribution in [-0.4, -0.2) is 43.0 Å². The lowest BCUT2D eigenvalue weighted by Crippen LogP contribution is -2.43. The van der Waals surface area contributed by atoms with Gasteiger partial charge in [0.05, 0.1) is 18.8 Å². The highest BCUT2D eigenvalue weighted by Crippen LogP contribution is 2.29. The van der Waals surface area contributed by atoms with E-state index in [1.807, 2.05) is 11.6 Å². The molecule has 0 atom stereocenters. The zero-order valence-electron chi connectivity index (χ0n) is 18.5. The van der Waals surface area contributed by atoms with Gasteiger partial charge in [0.2, 0.25) is 0 Å². The average molecular weight is 552 g/mol. The quantitative estimate of drug-likeness (QED) is 0.293. The number of rotatable bonds is 8. The first kappa shape index (κ1) is 26.6. The van der Waals surface area contributed by atoms with Crippen molar-refractivity contribution in [1.82, 2.24) is 20.4 Å². The first-order chi connectivity index (χ1) is 13.7. The van der Waals surface area contributed by atoms with E-state index in [4.69, 9.17) is 16.3 Å². The Morgan fingerprint density at radius 2 is 2.00 bits per heavy atom. The first-order valence-corrected chi connectivity index (χ1v) is 9.99. The molecule has 0 unspecified atom stereocenters. The number of halogens is 3. The molecule has 0 spiro atoms. The summed E-state index contributed by atoms with van der Waals surface area (Å²) in [5.74, 6) is 0.344. The molecule has 2 aromatic rings. The zero-order valence-corrected chi connectivity index (χ0v) is 21.6. The minimum Gasteiger partial charge on any atom is -0.383 e. The number of aromatic nitrogens is 2. The summed E-state index contributed by atoms with van der Waals surface area (Å²) in [5.41, 5.74) is 3.82. The van der Waals surface area contributed by atoms with Crippen LogP contribution in [0.4, 0.5) is 4.39 Å². The molecule has 0 aliphatic heterocycles. The summed E-state index contributed by atoms with van der Waals surface area (Å²) in [6.45, 7) is 10.7. The average Bonchev–Trinajstić information content (AvgIpc) is 2.93. The SMILES string of the molecule is CN=C(NCc1c(C)nn(CCOC)c1C)NCC(C)(C)c1ccc(F)cc1Cl.I. The summed E-state index contributed by atoms with van der Waals surface area (Å²) in [6, 6.07) is 4.51. The van der Waals surface area contributed by atoms with E-state index in [0.717, 1.165) is 29.1 Å². The van der Waals surface area contributed by atoms with Gasteiger partial charge in [-0.25, -0.2) is 4.39 Å². The number of nitrogens with one attached hydrogen (secondary N) is 2. The predicted octanol–water partition coefficient (Wildman–Crippen LogP) is 4.20. The molecule has 0 bridgehead atoms. The molecule has 2 rings (SSSR count). The summed E-state index contributed by atoms with van der Waals surface area (Å²) in [5, 5.41) is 11.7. The van der Waals surface area contributed by atoms with Crippen molar-refractivity contribution in [2.45, 2.75) is 46.2 Å². The van der Waals surface area contributed by atoms with Gasteiger partial charge in [0.25, 0.3) is 0 Å². The van der Waals surface area contributed by atoms with Crippen LogP contribution < -0.4 is 10.6 Å². The summed E-state index contributed by atoms with van der Waals surface area (Å²) in [4.78, 5) is 4.31. The molecule has 1 aromatic heterocycles. The molecule has 0 saturated carbocycles. The number of nitrogens with zero attached hydrogens (tertiary/aromatic N) is 3. The highest BCUT2D eigenvalue weighted by atomic mass is 127. The van der Waals surface area contributed by atoms with Gasteiger partial charge in [0.1, 0.15) is 5.82 Å². The molecule has 0 radical (unpaired) electrons. The predicted molar refractivity (Wildman–Crippen MR) is 132 cm³/mol. The number of aryl methyl sites for hydroxylation is 1. The minimum absolute atomic E-state index is 0. The molecule has 0 fully saturated rings. The van der Waals surface area contributed by atoms with E-state index < -0.39 is 0 Å². The monoisotopic (exact) mass is 551 g/mol. The molecule has 1 heterocycles. The Hall–Kier alpha value is -1.39. The van der Waals surface area contributed by atoms with Gasteiger partial charge in [-0.05, 0) is 31.5 Å². The lowest BCUT2D eigenvalue weighted by atomic mass is 9.84. The molecule has 168 valence electrons. The van der Waals surface area contributed by atoms with Crippen LogP contribution in [0.5, 0.6) is 0 Å². The standard InChI is InChI=1S/C21H31ClFN5O.HI/c1-14-17(15(2)28(27-14)9-10-29-6)12-25-20(24-5)26-13-21(3,4)18-8-7-16(23)11-19(18)22;/h7-8,11H,9-10,12-13H2,1-6H3,(H2,24,25,26);1H. The van der Waals surface area contributed by atoms with Gasteiger partial charge in [-0.1, -0.05) is 31.5 Å². The summed E-state index contributed by atoms with van der Waals surface area (Å²) >= 11 is 6.25. The van der Waals surface area contributed by atoms with Gasteiger partial charge in [0, 0.05) is 48.9 Å². The molecule has 0 aliphatic carbocycles. The Balaban J connectivity index is 0.00000450. The lowest BCUT2D eigenvalue weighted by molar-refractivity contribution is 0.182. The van der Waals surface area contributed by atoms with Crippen LogP contribution in [0.3, 0.4) is 0 Å². The van der Waals surface area contributed by atoms with Crippen LogP contribution in [0.25, 0.3) is 0 Å². The largest absolute Gasteiger partial charge is 0.383 e. The second-order valence-corrected chi connectivity index (χ2v) is 8.06. The van der Waals surface area contributed by atoms with E-state index in [0.29, 0.717) is 30.7 Å². The lowest BCUT2D eigenvalue weighted by Gasteiger charge is -2.27. The number of methoxy groups -OCH3 is 1. The molecule has 1 aromatic carbocycles. The Morgan fingerprint density at radius 1 is 1.30 bits per heavy atom. The van der Waals surface area contributed by atoms with Crippen molar-refractivity contribution in [3.05, 3.63) is 51.6 Å². The number of guanidine groups is 1. The summed E-state index contributed by atoms with van der Waals surface area (Å²) < 4.78 is 20.5. The third-order valence-corrected chi connectivity index (χ3v) is 5.37. The fourth-order valence-corrected chi connectivity index (χ4v) is 3.64. The zero-order chi connectivity index (χ0) is 21.6. The number of hydrogen-bond donors (Lipinski definition) is 2. The molecule has 0 amide bonds. The van der Waals surface area contributed by atoms with Crippen molar-refractivity contribution >= 4 is 41.5 Å². The van der Waals surface area contributed by atoms with Gasteiger partial charge >= 0.3 is 0 Å². The van der Waals surface area contributed by atoms with E-state index in [1.54, 1.807) is 20.2 Å². The number of benzene rings is 1. The van der Waals surface area contributed by atoms with E-state index in [1.165, 1.54) is 12.1 Å². The summed E-state index contributed by atoms with van der Waals surface area (Å²) in [7, 11) is 3.42. The van der Waals surface area contributed by atoms with Crippen molar-refractivity contribution in [1.29, 1.82) is 0 Å². The molecule has 30 heavy (non-hydrogen) atoms. The maximum absolute atomic E-state index is 13.4. The fraction of sp³-hybridized carbons (Fsp3) is 0.524. The van der Waals surface area contributed by atoms with Gasteiger partial charge in [0.15, 0.2) is 5.96 Å². The molecule has 9 heteroatoms. The Kier molecular flexibility index (Phi) is 10.5. The molecule has 0 aliphatic rings. The van der Waals surface area contributed by atoms with E-state index in [2.05, 4.69) is 41.5 Å². The molecular weight excluding hydrogens is 520 g/mol. The van der Waals surface area contributed by atoms with Crippen LogP contribution in [0.15, 0.2) is 23.2 Å². The van der Waals surface area contributed by atoms with Gasteiger partial charge < -0.3 is 15.4 Å². The van der Waals surface area contributed by atoms with Crippen molar-refractivity contribution in [3.63, 3.8) is 0 Å².